The van der Waals surface area contributed by atoms with E-state index in [1.54, 1.807) is 7.11 Å². The molecule has 1 atom stereocenters. The molecule has 2 aromatic rings. The van der Waals surface area contributed by atoms with Crippen LogP contribution in [0.15, 0.2) is 59.6 Å². The molecular formula is C22H30IN3O2. The lowest BCUT2D eigenvalue weighted by atomic mass is 9.98. The summed E-state index contributed by atoms with van der Waals surface area (Å²) in [6.07, 6.45) is 1.14. The molecule has 0 saturated carbocycles. The van der Waals surface area contributed by atoms with E-state index < -0.39 is 0 Å². The zero-order valence-corrected chi connectivity index (χ0v) is 19.0. The number of hydrogen-bond donors (Lipinski definition) is 1. The normalized spacial score (nSPS) is 16.6. The Balaban J connectivity index is 0.00000280. The number of likely N-dealkylation sites (tertiary alicyclic amines) is 1. The molecule has 1 aliphatic heterocycles. The molecule has 1 fully saturated rings. The topological polar surface area (TPSA) is 46.1 Å². The molecule has 1 saturated heterocycles. The van der Waals surface area contributed by atoms with Crippen LogP contribution in [0, 0.1) is 0 Å². The lowest BCUT2D eigenvalue weighted by molar-refractivity contribution is 0.125. The molecule has 152 valence electrons. The number of guanidine groups is 1. The summed E-state index contributed by atoms with van der Waals surface area (Å²) in [7, 11) is 3.54. The number of aliphatic imine (C=N–C) groups is 1. The number of nitrogens with zero attached hydrogens (tertiary/aromatic N) is 2. The molecule has 0 amide bonds. The van der Waals surface area contributed by atoms with Crippen molar-refractivity contribution in [2.75, 3.05) is 40.4 Å². The van der Waals surface area contributed by atoms with Crippen molar-refractivity contribution in [2.45, 2.75) is 18.9 Å². The average Bonchev–Trinajstić information content (AvgIpc) is 3.21. The summed E-state index contributed by atoms with van der Waals surface area (Å²) in [5.74, 6) is 2.39. The Hall–Kier alpha value is -1.80. The Morgan fingerprint density at radius 2 is 1.89 bits per heavy atom. The highest BCUT2D eigenvalue weighted by Crippen LogP contribution is 2.28. The van der Waals surface area contributed by atoms with Gasteiger partial charge in [-0.25, -0.2) is 0 Å². The summed E-state index contributed by atoms with van der Waals surface area (Å²) in [5.41, 5.74) is 2.56. The maximum absolute atomic E-state index is 5.74. The number of ether oxygens (including phenoxy) is 2. The smallest absolute Gasteiger partial charge is 0.193 e. The van der Waals surface area contributed by atoms with E-state index in [0.29, 0.717) is 19.1 Å². The van der Waals surface area contributed by atoms with Crippen molar-refractivity contribution in [1.29, 1.82) is 0 Å². The molecule has 5 nitrogen and oxygen atoms in total. The second-order valence-electron chi connectivity index (χ2n) is 6.72. The maximum atomic E-state index is 5.74. The van der Waals surface area contributed by atoms with E-state index in [-0.39, 0.29) is 24.0 Å². The summed E-state index contributed by atoms with van der Waals surface area (Å²) in [6, 6.07) is 18.7. The van der Waals surface area contributed by atoms with Crippen molar-refractivity contribution in [3.63, 3.8) is 0 Å². The molecule has 6 heteroatoms. The van der Waals surface area contributed by atoms with Crippen molar-refractivity contribution < 1.29 is 9.47 Å². The molecule has 1 heterocycles. The molecule has 0 radical (unpaired) electrons. The van der Waals surface area contributed by atoms with Crippen LogP contribution in [0.3, 0.4) is 0 Å². The Morgan fingerprint density at radius 1 is 1.14 bits per heavy atom. The highest BCUT2D eigenvalue weighted by Gasteiger charge is 2.25. The summed E-state index contributed by atoms with van der Waals surface area (Å²) >= 11 is 0. The Morgan fingerprint density at radius 3 is 2.57 bits per heavy atom. The van der Waals surface area contributed by atoms with E-state index in [1.165, 1.54) is 11.1 Å². The van der Waals surface area contributed by atoms with Crippen LogP contribution in [0.5, 0.6) is 5.75 Å². The van der Waals surface area contributed by atoms with Gasteiger partial charge in [0.1, 0.15) is 5.75 Å². The Bertz CT molecular complexity index is 722. The Labute approximate surface area is 185 Å². The minimum Gasteiger partial charge on any atom is -0.497 e. The first-order valence-electron chi connectivity index (χ1n) is 9.51. The van der Waals surface area contributed by atoms with E-state index in [0.717, 1.165) is 37.8 Å². The van der Waals surface area contributed by atoms with Crippen LogP contribution in [0.2, 0.25) is 0 Å². The summed E-state index contributed by atoms with van der Waals surface area (Å²) in [4.78, 5) is 6.76. The van der Waals surface area contributed by atoms with Crippen molar-refractivity contribution in [3.8, 4) is 5.75 Å². The molecule has 1 N–H and O–H groups in total. The first kappa shape index (κ1) is 22.5. The van der Waals surface area contributed by atoms with Crippen LogP contribution in [0.25, 0.3) is 0 Å². The van der Waals surface area contributed by atoms with Crippen molar-refractivity contribution in [1.82, 2.24) is 10.2 Å². The van der Waals surface area contributed by atoms with Gasteiger partial charge < -0.3 is 19.7 Å². The number of benzene rings is 2. The van der Waals surface area contributed by atoms with Gasteiger partial charge in [-0.05, 0) is 29.7 Å². The van der Waals surface area contributed by atoms with E-state index in [1.807, 2.05) is 37.4 Å². The van der Waals surface area contributed by atoms with E-state index in [9.17, 15) is 0 Å². The zero-order valence-electron chi connectivity index (χ0n) is 16.6. The van der Waals surface area contributed by atoms with Crippen LogP contribution in [-0.2, 0) is 11.3 Å². The van der Waals surface area contributed by atoms with Crippen LogP contribution in [0.1, 0.15) is 23.5 Å². The van der Waals surface area contributed by atoms with Gasteiger partial charge in [-0.15, -0.1) is 24.0 Å². The number of nitrogens with one attached hydrogen (secondary N) is 1. The first-order chi connectivity index (χ1) is 13.3. The Kier molecular flexibility index (Phi) is 9.57. The van der Waals surface area contributed by atoms with Crippen LogP contribution in [-0.4, -0.2) is 51.3 Å². The van der Waals surface area contributed by atoms with Gasteiger partial charge in [0.15, 0.2) is 5.96 Å². The molecule has 0 bridgehead atoms. The van der Waals surface area contributed by atoms with Crippen LogP contribution in [0.4, 0.5) is 0 Å². The van der Waals surface area contributed by atoms with Gasteiger partial charge in [-0.3, -0.25) is 4.99 Å². The fourth-order valence-electron chi connectivity index (χ4n) is 3.43. The molecule has 3 rings (SSSR count). The minimum atomic E-state index is 0. The fraction of sp³-hybridized carbons (Fsp3) is 0.409. The third-order valence-corrected chi connectivity index (χ3v) is 4.93. The predicted molar refractivity (Wildman–Crippen MR) is 125 cm³/mol. The molecular weight excluding hydrogens is 465 g/mol. The van der Waals surface area contributed by atoms with E-state index in [4.69, 9.17) is 9.47 Å². The number of halogens is 1. The third-order valence-electron chi connectivity index (χ3n) is 4.93. The second kappa shape index (κ2) is 11.9. The lowest BCUT2D eigenvalue weighted by Gasteiger charge is -2.22. The van der Waals surface area contributed by atoms with Crippen LogP contribution < -0.4 is 10.1 Å². The van der Waals surface area contributed by atoms with Gasteiger partial charge in [-0.2, -0.15) is 0 Å². The van der Waals surface area contributed by atoms with E-state index >= 15 is 0 Å². The second-order valence-corrected chi connectivity index (χ2v) is 6.72. The average molecular weight is 495 g/mol. The maximum Gasteiger partial charge on any atom is 0.193 e. The van der Waals surface area contributed by atoms with Crippen molar-refractivity contribution >= 4 is 29.9 Å². The predicted octanol–water partition coefficient (Wildman–Crippen LogP) is 3.89. The minimum absolute atomic E-state index is 0. The van der Waals surface area contributed by atoms with Crippen molar-refractivity contribution in [3.05, 3.63) is 65.7 Å². The van der Waals surface area contributed by atoms with Gasteiger partial charge in [0.05, 0.1) is 20.3 Å². The quantitative estimate of drug-likeness (QED) is 0.274. The van der Waals surface area contributed by atoms with E-state index in [2.05, 4.69) is 39.5 Å². The number of hydrogen-bond acceptors (Lipinski definition) is 3. The summed E-state index contributed by atoms with van der Waals surface area (Å²) in [6.45, 7) is 4.05. The zero-order chi connectivity index (χ0) is 18.9. The summed E-state index contributed by atoms with van der Waals surface area (Å²) in [5, 5.41) is 3.42. The highest BCUT2D eigenvalue weighted by molar-refractivity contribution is 14.0. The van der Waals surface area contributed by atoms with Gasteiger partial charge in [0.2, 0.25) is 0 Å². The number of rotatable bonds is 7. The van der Waals surface area contributed by atoms with Gasteiger partial charge >= 0.3 is 0 Å². The van der Waals surface area contributed by atoms with Crippen LogP contribution >= 0.6 is 24.0 Å². The molecule has 0 spiro atoms. The molecule has 1 aliphatic rings. The molecule has 0 aromatic heterocycles. The molecule has 28 heavy (non-hydrogen) atoms. The third kappa shape index (κ3) is 6.38. The molecule has 2 aromatic carbocycles. The monoisotopic (exact) mass is 495 g/mol. The lowest BCUT2D eigenvalue weighted by Crippen LogP contribution is -2.41. The first-order valence-corrected chi connectivity index (χ1v) is 9.51. The fourth-order valence-corrected chi connectivity index (χ4v) is 3.43. The number of methoxy groups -OCH3 is 1. The van der Waals surface area contributed by atoms with Gasteiger partial charge in [-0.1, -0.05) is 42.5 Å². The largest absolute Gasteiger partial charge is 0.497 e. The SMILES string of the molecule is CN=C(NCCOCc1ccccc1)N1CCC(c2ccc(OC)cc2)C1.I. The standard InChI is InChI=1S/C22H29N3O2.HI/c1-23-22(24-13-15-27-17-18-6-4-3-5-7-18)25-14-12-20(16-25)19-8-10-21(26-2)11-9-19;/h3-11,20H,12-17H2,1-2H3,(H,23,24);1H. The molecule has 0 aliphatic carbocycles. The summed E-state index contributed by atoms with van der Waals surface area (Å²) < 4.78 is 11.0. The highest BCUT2D eigenvalue weighted by atomic mass is 127. The van der Waals surface area contributed by atoms with Crippen molar-refractivity contribution in [2.24, 2.45) is 4.99 Å². The van der Waals surface area contributed by atoms with Gasteiger partial charge in [0.25, 0.3) is 0 Å². The molecule has 1 unspecified atom stereocenters. The van der Waals surface area contributed by atoms with Gasteiger partial charge in [0, 0.05) is 32.6 Å².